The maximum atomic E-state index is 12.0. The third-order valence-corrected chi connectivity index (χ3v) is 4.53. The van der Waals surface area contributed by atoms with Crippen LogP contribution in [0.4, 0.5) is 0 Å². The molecule has 0 radical (unpaired) electrons. The molecular formula is C16H23ClN2O4S. The number of esters is 1. The second kappa shape index (κ2) is 11.2. The summed E-state index contributed by atoms with van der Waals surface area (Å²) in [6.45, 7) is 1.27. The number of halogens is 1. The molecule has 8 heteroatoms. The number of ether oxygens (including phenoxy) is 2. The van der Waals surface area contributed by atoms with Gasteiger partial charge < -0.3 is 20.1 Å². The number of hydrogen-bond acceptors (Lipinski definition) is 6. The average Bonchev–Trinajstić information content (AvgIpc) is 2.59. The van der Waals surface area contributed by atoms with Crippen molar-refractivity contribution in [2.45, 2.75) is 19.0 Å². The molecule has 2 rings (SSSR count). The summed E-state index contributed by atoms with van der Waals surface area (Å²) < 4.78 is 9.85. The predicted molar refractivity (Wildman–Crippen MR) is 96.8 cm³/mol. The largest absolute Gasteiger partial charge is 0.482 e. The second-order valence-electron chi connectivity index (χ2n) is 5.22. The zero-order valence-electron chi connectivity index (χ0n) is 13.6. The Morgan fingerprint density at radius 2 is 2.25 bits per heavy atom. The summed E-state index contributed by atoms with van der Waals surface area (Å²) in [5, 5.41) is 6.26. The third kappa shape index (κ3) is 7.42. The first-order valence-electron chi connectivity index (χ1n) is 7.54. The Morgan fingerprint density at radius 3 is 2.96 bits per heavy atom. The molecular weight excluding hydrogens is 352 g/mol. The van der Waals surface area contributed by atoms with Crippen LogP contribution in [0.15, 0.2) is 24.3 Å². The number of carbonyl (C=O) groups excluding carboxylic acids is 2. The minimum atomic E-state index is -0.429. The van der Waals surface area contributed by atoms with Gasteiger partial charge in [-0.25, -0.2) is 4.79 Å². The van der Waals surface area contributed by atoms with Gasteiger partial charge in [0.1, 0.15) is 5.75 Å². The van der Waals surface area contributed by atoms with E-state index in [1.165, 1.54) is 7.11 Å². The van der Waals surface area contributed by atoms with Crippen LogP contribution in [-0.2, 0) is 20.9 Å². The van der Waals surface area contributed by atoms with E-state index in [1.807, 2.05) is 23.9 Å². The van der Waals surface area contributed by atoms with E-state index in [4.69, 9.17) is 4.74 Å². The van der Waals surface area contributed by atoms with Gasteiger partial charge in [0.15, 0.2) is 6.61 Å². The average molecular weight is 375 g/mol. The number of hydrogen-bond donors (Lipinski definition) is 2. The van der Waals surface area contributed by atoms with Crippen LogP contribution in [0.3, 0.4) is 0 Å². The molecule has 0 saturated carbocycles. The van der Waals surface area contributed by atoms with Gasteiger partial charge in [0, 0.05) is 37.1 Å². The lowest BCUT2D eigenvalue weighted by atomic mass is 10.2. The SMILES string of the molecule is COC(=O)COc1cccc(CNC(=O)CC2CSCCN2)c1.Cl. The fourth-order valence-electron chi connectivity index (χ4n) is 2.19. The van der Waals surface area contributed by atoms with E-state index in [-0.39, 0.29) is 31.0 Å². The van der Waals surface area contributed by atoms with E-state index in [0.717, 1.165) is 23.6 Å². The van der Waals surface area contributed by atoms with Gasteiger partial charge >= 0.3 is 5.97 Å². The highest BCUT2D eigenvalue weighted by atomic mass is 35.5. The summed E-state index contributed by atoms with van der Waals surface area (Å²) in [7, 11) is 1.32. The summed E-state index contributed by atoms with van der Waals surface area (Å²) in [6.07, 6.45) is 0.492. The van der Waals surface area contributed by atoms with Crippen LogP contribution in [0, 0.1) is 0 Å². The summed E-state index contributed by atoms with van der Waals surface area (Å²) in [4.78, 5) is 23.0. The quantitative estimate of drug-likeness (QED) is 0.702. The van der Waals surface area contributed by atoms with Crippen LogP contribution >= 0.6 is 24.2 Å². The molecule has 134 valence electrons. The number of thioether (sulfide) groups is 1. The molecule has 0 spiro atoms. The Balaban J connectivity index is 0.00000288. The fraction of sp³-hybridized carbons (Fsp3) is 0.500. The van der Waals surface area contributed by atoms with E-state index >= 15 is 0 Å². The van der Waals surface area contributed by atoms with Crippen molar-refractivity contribution in [2.24, 2.45) is 0 Å². The molecule has 1 heterocycles. The fourth-order valence-corrected chi connectivity index (χ4v) is 3.14. The van der Waals surface area contributed by atoms with E-state index in [2.05, 4.69) is 15.4 Å². The highest BCUT2D eigenvalue weighted by Gasteiger charge is 2.16. The molecule has 1 aromatic rings. The lowest BCUT2D eigenvalue weighted by molar-refractivity contribution is -0.142. The molecule has 1 amide bonds. The molecule has 0 aromatic heterocycles. The van der Waals surface area contributed by atoms with Crippen molar-refractivity contribution in [3.05, 3.63) is 29.8 Å². The zero-order chi connectivity index (χ0) is 16.5. The van der Waals surface area contributed by atoms with Crippen LogP contribution in [0.2, 0.25) is 0 Å². The van der Waals surface area contributed by atoms with Crippen molar-refractivity contribution in [3.63, 3.8) is 0 Å². The van der Waals surface area contributed by atoms with E-state index in [1.54, 1.807) is 12.1 Å². The first-order valence-corrected chi connectivity index (χ1v) is 8.69. The van der Waals surface area contributed by atoms with E-state index < -0.39 is 5.97 Å². The molecule has 1 atom stereocenters. The first-order chi connectivity index (χ1) is 11.2. The third-order valence-electron chi connectivity index (χ3n) is 3.40. The molecule has 24 heavy (non-hydrogen) atoms. The van der Waals surface area contributed by atoms with Crippen LogP contribution in [-0.4, -0.2) is 49.7 Å². The van der Waals surface area contributed by atoms with E-state index in [0.29, 0.717) is 18.7 Å². The summed E-state index contributed by atoms with van der Waals surface area (Å²) in [6, 6.07) is 7.55. The van der Waals surface area contributed by atoms with Gasteiger partial charge in [-0.05, 0) is 17.7 Å². The predicted octanol–water partition coefficient (Wildman–Crippen LogP) is 1.37. The Hall–Kier alpha value is -1.44. The van der Waals surface area contributed by atoms with E-state index in [9.17, 15) is 9.59 Å². The smallest absolute Gasteiger partial charge is 0.343 e. The Morgan fingerprint density at radius 1 is 1.42 bits per heavy atom. The lowest BCUT2D eigenvalue weighted by Crippen LogP contribution is -2.41. The summed E-state index contributed by atoms with van der Waals surface area (Å²) in [5.41, 5.74) is 0.923. The number of amides is 1. The van der Waals surface area contributed by atoms with Gasteiger partial charge in [0.25, 0.3) is 0 Å². The summed E-state index contributed by atoms with van der Waals surface area (Å²) >= 11 is 1.87. The monoisotopic (exact) mass is 374 g/mol. The number of rotatable bonds is 7. The Kier molecular flexibility index (Phi) is 9.59. The number of carbonyl (C=O) groups is 2. The maximum absolute atomic E-state index is 12.0. The van der Waals surface area contributed by atoms with Crippen molar-refractivity contribution >= 4 is 36.0 Å². The molecule has 1 unspecified atom stereocenters. The lowest BCUT2D eigenvalue weighted by Gasteiger charge is -2.22. The Bertz CT molecular complexity index is 539. The number of nitrogens with one attached hydrogen (secondary N) is 2. The van der Waals surface area contributed by atoms with Crippen LogP contribution < -0.4 is 15.4 Å². The molecule has 1 fully saturated rings. The van der Waals surface area contributed by atoms with Crippen LogP contribution in [0.5, 0.6) is 5.75 Å². The molecule has 0 aliphatic carbocycles. The van der Waals surface area contributed by atoms with Crippen molar-refractivity contribution in [2.75, 3.05) is 31.8 Å². The Labute approximate surface area is 152 Å². The maximum Gasteiger partial charge on any atom is 0.343 e. The highest BCUT2D eigenvalue weighted by molar-refractivity contribution is 7.99. The van der Waals surface area contributed by atoms with Gasteiger partial charge in [0.05, 0.1) is 7.11 Å². The van der Waals surface area contributed by atoms with Gasteiger partial charge in [0.2, 0.25) is 5.91 Å². The highest BCUT2D eigenvalue weighted by Crippen LogP contribution is 2.14. The molecule has 1 saturated heterocycles. The number of benzene rings is 1. The van der Waals surface area contributed by atoms with Gasteiger partial charge in [-0.2, -0.15) is 11.8 Å². The van der Waals surface area contributed by atoms with Gasteiger partial charge in [-0.1, -0.05) is 12.1 Å². The topological polar surface area (TPSA) is 76.7 Å². The van der Waals surface area contributed by atoms with Gasteiger partial charge in [-0.15, -0.1) is 12.4 Å². The normalized spacial score (nSPS) is 16.6. The van der Waals surface area contributed by atoms with Crippen LogP contribution in [0.25, 0.3) is 0 Å². The first kappa shape index (κ1) is 20.6. The molecule has 1 aromatic carbocycles. The minimum Gasteiger partial charge on any atom is -0.482 e. The van der Waals surface area contributed by atoms with Crippen LogP contribution in [0.1, 0.15) is 12.0 Å². The summed E-state index contributed by atoms with van der Waals surface area (Å²) in [5.74, 6) is 2.26. The minimum absolute atomic E-state index is 0. The van der Waals surface area contributed by atoms with Gasteiger partial charge in [-0.3, -0.25) is 4.79 Å². The standard InChI is InChI=1S/C16H22N2O4S.ClH/c1-21-16(20)10-22-14-4-2-3-12(7-14)9-18-15(19)8-13-11-23-6-5-17-13;/h2-4,7,13,17H,5-6,8-11H2,1H3,(H,18,19);1H. The molecule has 1 aliphatic heterocycles. The second-order valence-corrected chi connectivity index (χ2v) is 6.37. The van der Waals surface area contributed by atoms with Crippen molar-refractivity contribution in [3.8, 4) is 5.75 Å². The number of methoxy groups -OCH3 is 1. The zero-order valence-corrected chi connectivity index (χ0v) is 15.2. The van der Waals surface area contributed by atoms with Crippen molar-refractivity contribution in [1.29, 1.82) is 0 Å². The molecule has 6 nitrogen and oxygen atoms in total. The van der Waals surface area contributed by atoms with Crippen molar-refractivity contribution in [1.82, 2.24) is 10.6 Å². The molecule has 2 N–H and O–H groups in total. The molecule has 0 bridgehead atoms. The molecule has 1 aliphatic rings. The van der Waals surface area contributed by atoms with Crippen molar-refractivity contribution < 1.29 is 19.1 Å².